The molecule has 6 heteroatoms. The zero-order valence-electron chi connectivity index (χ0n) is 17.8. The fourth-order valence-corrected chi connectivity index (χ4v) is 3.77. The van der Waals surface area contributed by atoms with Crippen molar-refractivity contribution in [2.75, 3.05) is 5.32 Å². The van der Waals surface area contributed by atoms with Gasteiger partial charge in [-0.15, -0.1) is 0 Å². The van der Waals surface area contributed by atoms with Crippen LogP contribution in [0.4, 0.5) is 5.82 Å². The minimum Gasteiger partial charge on any atom is -0.304 e. The average molecular weight is 488 g/mol. The van der Waals surface area contributed by atoms with Crippen LogP contribution in [0.1, 0.15) is 43.0 Å². The minimum absolute atomic E-state index is 0.195. The van der Waals surface area contributed by atoms with Crippen molar-refractivity contribution in [1.29, 1.82) is 0 Å². The third-order valence-electron chi connectivity index (χ3n) is 5.14. The molecule has 0 spiro atoms. The summed E-state index contributed by atoms with van der Waals surface area (Å²) in [5.74, 6) is -0.179. The average Bonchev–Trinajstić information content (AvgIpc) is 3.13. The highest BCUT2D eigenvalue weighted by atomic mass is 79.9. The number of ketones is 1. The Labute approximate surface area is 195 Å². The maximum absolute atomic E-state index is 13.0. The Morgan fingerprint density at radius 1 is 0.875 bits per heavy atom. The van der Waals surface area contributed by atoms with Crippen LogP contribution in [0.2, 0.25) is 0 Å². The zero-order valence-corrected chi connectivity index (χ0v) is 19.4. The number of aromatic nitrogens is 2. The van der Waals surface area contributed by atoms with Crippen LogP contribution in [0.25, 0.3) is 0 Å². The monoisotopic (exact) mass is 487 g/mol. The van der Waals surface area contributed by atoms with E-state index in [4.69, 9.17) is 0 Å². The first-order valence-corrected chi connectivity index (χ1v) is 11.0. The van der Waals surface area contributed by atoms with Crippen molar-refractivity contribution in [3.05, 3.63) is 117 Å². The number of rotatable bonds is 6. The lowest BCUT2D eigenvalue weighted by Gasteiger charge is -2.09. The van der Waals surface area contributed by atoms with E-state index in [0.29, 0.717) is 33.5 Å². The first-order valence-electron chi connectivity index (χ1n) is 10.2. The summed E-state index contributed by atoms with van der Waals surface area (Å²) >= 11 is 3.47. The Bertz CT molecular complexity index is 1280. The predicted octanol–water partition coefficient (Wildman–Crippen LogP) is 5.79. The van der Waals surface area contributed by atoms with E-state index >= 15 is 0 Å². The molecule has 0 aliphatic carbocycles. The standard InChI is InChI=1S/C26H22BrN3O2/c1-17-7-11-19(12-8-17)15-30-16-23(27)25(29-30)28-26(32)22-6-4-3-5-21(22)24(31)20-13-9-18(2)10-14-20/h3-14,16H,15H2,1-2H3,(H,28,29,32). The van der Waals surface area contributed by atoms with Gasteiger partial charge in [-0.2, -0.15) is 5.10 Å². The van der Waals surface area contributed by atoms with Crippen molar-refractivity contribution in [1.82, 2.24) is 9.78 Å². The first-order chi connectivity index (χ1) is 15.4. The van der Waals surface area contributed by atoms with E-state index in [2.05, 4.69) is 50.6 Å². The molecule has 32 heavy (non-hydrogen) atoms. The molecule has 0 fully saturated rings. The van der Waals surface area contributed by atoms with E-state index in [-0.39, 0.29) is 11.7 Å². The second-order valence-corrected chi connectivity index (χ2v) is 8.56. The summed E-state index contributed by atoms with van der Waals surface area (Å²) in [5, 5.41) is 7.32. The number of carbonyl (C=O) groups excluding carboxylic acids is 2. The van der Waals surface area contributed by atoms with Gasteiger partial charge in [0.2, 0.25) is 0 Å². The van der Waals surface area contributed by atoms with Gasteiger partial charge in [-0.3, -0.25) is 14.3 Å². The van der Waals surface area contributed by atoms with Crippen molar-refractivity contribution in [2.24, 2.45) is 0 Å². The quantitative estimate of drug-likeness (QED) is 0.349. The summed E-state index contributed by atoms with van der Waals surface area (Å²) < 4.78 is 2.42. The molecule has 5 nitrogen and oxygen atoms in total. The number of anilines is 1. The number of aryl methyl sites for hydroxylation is 2. The largest absolute Gasteiger partial charge is 0.304 e. The van der Waals surface area contributed by atoms with Gasteiger partial charge in [-0.1, -0.05) is 77.9 Å². The summed E-state index contributed by atoms with van der Waals surface area (Å²) in [6, 6.07) is 22.3. The van der Waals surface area contributed by atoms with Crippen LogP contribution >= 0.6 is 15.9 Å². The van der Waals surface area contributed by atoms with E-state index < -0.39 is 0 Å². The normalized spacial score (nSPS) is 10.7. The molecule has 0 aliphatic heterocycles. The van der Waals surface area contributed by atoms with Crippen LogP contribution in [0, 0.1) is 13.8 Å². The number of nitrogens with one attached hydrogen (secondary N) is 1. The second kappa shape index (κ2) is 9.32. The van der Waals surface area contributed by atoms with Crippen LogP contribution in [-0.4, -0.2) is 21.5 Å². The van der Waals surface area contributed by atoms with E-state index in [1.165, 1.54) is 5.56 Å². The topological polar surface area (TPSA) is 64.0 Å². The van der Waals surface area contributed by atoms with Crippen molar-refractivity contribution >= 4 is 33.4 Å². The third kappa shape index (κ3) is 4.86. The highest BCUT2D eigenvalue weighted by Gasteiger charge is 2.20. The maximum Gasteiger partial charge on any atom is 0.257 e. The highest BCUT2D eigenvalue weighted by Crippen LogP contribution is 2.23. The molecule has 0 saturated carbocycles. The summed E-state index contributed by atoms with van der Waals surface area (Å²) in [4.78, 5) is 26.1. The molecule has 0 atom stereocenters. The molecule has 4 rings (SSSR count). The summed E-state index contributed by atoms with van der Waals surface area (Å²) in [5.41, 5.74) is 4.57. The van der Waals surface area contributed by atoms with Gasteiger partial charge >= 0.3 is 0 Å². The van der Waals surface area contributed by atoms with Gasteiger partial charge in [-0.25, -0.2) is 0 Å². The van der Waals surface area contributed by atoms with Crippen LogP contribution < -0.4 is 5.32 Å². The Morgan fingerprint density at radius 2 is 1.47 bits per heavy atom. The molecule has 4 aromatic rings. The molecule has 3 aromatic carbocycles. The number of carbonyl (C=O) groups is 2. The molecule has 0 aliphatic rings. The van der Waals surface area contributed by atoms with Crippen LogP contribution in [0.5, 0.6) is 0 Å². The predicted molar refractivity (Wildman–Crippen MR) is 129 cm³/mol. The van der Waals surface area contributed by atoms with Gasteiger partial charge in [0, 0.05) is 17.3 Å². The Hall–Kier alpha value is -3.51. The van der Waals surface area contributed by atoms with Crippen LogP contribution in [-0.2, 0) is 6.54 Å². The van der Waals surface area contributed by atoms with Crippen molar-refractivity contribution in [3.63, 3.8) is 0 Å². The number of benzene rings is 3. The van der Waals surface area contributed by atoms with Crippen molar-refractivity contribution in [2.45, 2.75) is 20.4 Å². The van der Waals surface area contributed by atoms with E-state index in [1.54, 1.807) is 41.1 Å². The highest BCUT2D eigenvalue weighted by molar-refractivity contribution is 9.10. The Kier molecular flexibility index (Phi) is 6.32. The molecule has 0 saturated heterocycles. The number of amides is 1. The number of nitrogens with zero attached hydrogens (tertiary/aromatic N) is 2. The Balaban J connectivity index is 1.55. The maximum atomic E-state index is 13.0. The van der Waals surface area contributed by atoms with Crippen LogP contribution in [0.15, 0.2) is 83.5 Å². The molecular formula is C26H22BrN3O2. The van der Waals surface area contributed by atoms with Gasteiger partial charge in [0.1, 0.15) is 0 Å². The first kappa shape index (κ1) is 21.7. The fourth-order valence-electron chi connectivity index (χ4n) is 3.36. The molecular weight excluding hydrogens is 466 g/mol. The summed E-state index contributed by atoms with van der Waals surface area (Å²) in [6.07, 6.45) is 1.82. The fraction of sp³-hybridized carbons (Fsp3) is 0.115. The summed E-state index contributed by atoms with van der Waals surface area (Å²) in [6.45, 7) is 4.59. The van der Waals surface area contributed by atoms with Crippen LogP contribution in [0.3, 0.4) is 0 Å². The molecule has 0 radical (unpaired) electrons. The number of halogens is 1. The van der Waals surface area contributed by atoms with Gasteiger partial charge < -0.3 is 5.32 Å². The number of hydrogen-bond donors (Lipinski definition) is 1. The van der Waals surface area contributed by atoms with Crippen molar-refractivity contribution < 1.29 is 9.59 Å². The molecule has 1 heterocycles. The van der Waals surface area contributed by atoms with Gasteiger partial charge in [0.15, 0.2) is 11.6 Å². The van der Waals surface area contributed by atoms with E-state index in [1.807, 2.05) is 32.2 Å². The smallest absolute Gasteiger partial charge is 0.257 e. The Morgan fingerprint density at radius 3 is 2.12 bits per heavy atom. The van der Waals surface area contributed by atoms with Crippen molar-refractivity contribution in [3.8, 4) is 0 Å². The van der Waals surface area contributed by atoms with Gasteiger partial charge in [-0.05, 0) is 41.4 Å². The lowest BCUT2D eigenvalue weighted by molar-refractivity contribution is 0.0996. The molecule has 1 aromatic heterocycles. The zero-order chi connectivity index (χ0) is 22.7. The van der Waals surface area contributed by atoms with E-state index in [9.17, 15) is 9.59 Å². The third-order valence-corrected chi connectivity index (χ3v) is 5.72. The molecule has 1 amide bonds. The van der Waals surface area contributed by atoms with Gasteiger partial charge in [0.25, 0.3) is 5.91 Å². The summed E-state index contributed by atoms with van der Waals surface area (Å²) in [7, 11) is 0. The van der Waals surface area contributed by atoms with Gasteiger partial charge in [0.05, 0.1) is 16.6 Å². The molecule has 160 valence electrons. The number of hydrogen-bond acceptors (Lipinski definition) is 3. The molecule has 1 N–H and O–H groups in total. The minimum atomic E-state index is -0.387. The van der Waals surface area contributed by atoms with E-state index in [0.717, 1.165) is 11.1 Å². The molecule has 0 bridgehead atoms. The second-order valence-electron chi connectivity index (χ2n) is 7.70. The lowest BCUT2D eigenvalue weighted by atomic mass is 9.97. The SMILES string of the molecule is Cc1ccc(Cn2cc(Br)c(NC(=O)c3ccccc3C(=O)c3ccc(C)cc3)n2)cc1. The lowest BCUT2D eigenvalue weighted by Crippen LogP contribution is -2.17. The molecule has 0 unspecified atom stereocenters.